The second-order valence-corrected chi connectivity index (χ2v) is 4.35. The monoisotopic (exact) mass is 240 g/mol. The lowest BCUT2D eigenvalue weighted by Gasteiger charge is -2.05. The minimum Gasteiger partial charge on any atom is -0.480 e. The van der Waals surface area contributed by atoms with E-state index < -0.39 is 12.0 Å². The van der Waals surface area contributed by atoms with Crippen LogP contribution in [0.2, 0.25) is 0 Å². The van der Waals surface area contributed by atoms with Gasteiger partial charge in [-0.25, -0.2) is 4.79 Å². The molecule has 1 atom stereocenters. The van der Waals surface area contributed by atoms with Crippen molar-refractivity contribution >= 4 is 22.4 Å². The van der Waals surface area contributed by atoms with Crippen molar-refractivity contribution in [1.29, 1.82) is 0 Å². The van der Waals surface area contributed by atoms with Gasteiger partial charge in [0.15, 0.2) is 0 Å². The van der Waals surface area contributed by atoms with Crippen LogP contribution in [0.25, 0.3) is 16.5 Å². The molecule has 0 saturated heterocycles. The molecule has 18 heavy (non-hydrogen) atoms. The van der Waals surface area contributed by atoms with Crippen LogP contribution in [0.1, 0.15) is 12.0 Å². The van der Waals surface area contributed by atoms with Crippen molar-refractivity contribution in [3.05, 3.63) is 48.3 Å². The number of carboxylic acid groups (broad SMARTS) is 1. The number of nitrogens with zero attached hydrogens (tertiary/aromatic N) is 1. The van der Waals surface area contributed by atoms with Gasteiger partial charge in [0.1, 0.15) is 6.04 Å². The molecule has 1 unspecified atom stereocenters. The van der Waals surface area contributed by atoms with Gasteiger partial charge in [-0.05, 0) is 23.3 Å². The first-order valence-electron chi connectivity index (χ1n) is 5.77. The van der Waals surface area contributed by atoms with E-state index >= 15 is 0 Å². The van der Waals surface area contributed by atoms with Gasteiger partial charge >= 0.3 is 5.97 Å². The zero-order valence-corrected chi connectivity index (χ0v) is 9.63. The van der Waals surface area contributed by atoms with Crippen LogP contribution in [-0.2, 0) is 4.79 Å². The third-order valence-corrected chi connectivity index (χ3v) is 3.14. The Hall–Kier alpha value is -2.36. The summed E-state index contributed by atoms with van der Waals surface area (Å²) in [5.41, 5.74) is 2.91. The van der Waals surface area contributed by atoms with Crippen LogP contribution in [0.4, 0.5) is 0 Å². The van der Waals surface area contributed by atoms with Gasteiger partial charge in [-0.2, -0.15) is 0 Å². The summed E-state index contributed by atoms with van der Waals surface area (Å²) in [4.78, 5) is 15.3. The molecule has 1 aliphatic heterocycles. The maximum Gasteiger partial charge on any atom is 0.326 e. The number of rotatable bonds is 2. The fourth-order valence-electron chi connectivity index (χ4n) is 2.15. The maximum atomic E-state index is 10.9. The zero-order chi connectivity index (χ0) is 12.5. The summed E-state index contributed by atoms with van der Waals surface area (Å²) in [7, 11) is 0. The lowest BCUT2D eigenvalue weighted by atomic mass is 10.0. The molecule has 0 bridgehead atoms. The van der Waals surface area contributed by atoms with Crippen molar-refractivity contribution < 1.29 is 9.90 Å². The van der Waals surface area contributed by atoms with Crippen molar-refractivity contribution in [3.63, 3.8) is 0 Å². The summed E-state index contributed by atoms with van der Waals surface area (Å²) in [5.74, 6) is -0.824. The molecule has 0 aliphatic carbocycles. The number of pyridine rings is 1. The number of hydrogen-bond donors (Lipinski definition) is 2. The molecule has 4 nitrogen and oxygen atoms in total. The highest BCUT2D eigenvalue weighted by atomic mass is 16.4. The van der Waals surface area contributed by atoms with Gasteiger partial charge in [-0.3, -0.25) is 4.98 Å². The highest BCUT2D eigenvalue weighted by Gasteiger charge is 2.23. The Morgan fingerprint density at radius 3 is 3.00 bits per heavy atom. The molecule has 4 heteroatoms. The smallest absolute Gasteiger partial charge is 0.326 e. The van der Waals surface area contributed by atoms with Crippen LogP contribution < -0.4 is 5.32 Å². The number of hydrogen-bond acceptors (Lipinski definition) is 3. The molecule has 0 saturated carbocycles. The minimum absolute atomic E-state index is 0.495. The van der Waals surface area contributed by atoms with E-state index in [1.807, 2.05) is 30.3 Å². The van der Waals surface area contributed by atoms with Crippen molar-refractivity contribution in [2.24, 2.45) is 0 Å². The van der Waals surface area contributed by atoms with E-state index in [0.717, 1.165) is 22.0 Å². The van der Waals surface area contributed by atoms with Crippen LogP contribution in [0.15, 0.2) is 42.7 Å². The summed E-state index contributed by atoms with van der Waals surface area (Å²) in [6.07, 6.45) is 4.06. The van der Waals surface area contributed by atoms with Gasteiger partial charge in [-0.15, -0.1) is 0 Å². The van der Waals surface area contributed by atoms with Crippen molar-refractivity contribution in [2.75, 3.05) is 0 Å². The van der Waals surface area contributed by atoms with Gasteiger partial charge in [0.05, 0.1) is 5.52 Å². The molecule has 2 N–H and O–H groups in total. The van der Waals surface area contributed by atoms with Gasteiger partial charge in [-0.1, -0.05) is 18.2 Å². The van der Waals surface area contributed by atoms with Crippen LogP contribution in [0.3, 0.4) is 0 Å². The molecule has 1 aliphatic rings. The Morgan fingerprint density at radius 2 is 2.22 bits per heavy atom. The molecule has 0 radical (unpaired) electrons. The first kappa shape index (κ1) is 10.8. The van der Waals surface area contributed by atoms with Crippen molar-refractivity contribution in [2.45, 2.75) is 12.5 Å². The third-order valence-electron chi connectivity index (χ3n) is 3.14. The Labute approximate surface area is 104 Å². The van der Waals surface area contributed by atoms with Crippen LogP contribution in [0.5, 0.6) is 0 Å². The summed E-state index contributed by atoms with van der Waals surface area (Å²) >= 11 is 0. The lowest BCUT2D eigenvalue weighted by Crippen LogP contribution is -2.28. The molecule has 0 fully saturated rings. The average molecular weight is 240 g/mol. The summed E-state index contributed by atoms with van der Waals surface area (Å²) in [6, 6.07) is 9.40. The zero-order valence-electron chi connectivity index (χ0n) is 9.63. The molecule has 2 heterocycles. The van der Waals surface area contributed by atoms with E-state index in [4.69, 9.17) is 5.11 Å². The summed E-state index contributed by atoms with van der Waals surface area (Å²) in [5, 5.41) is 12.9. The van der Waals surface area contributed by atoms with E-state index in [2.05, 4.69) is 10.3 Å². The lowest BCUT2D eigenvalue weighted by molar-refractivity contribution is -0.138. The van der Waals surface area contributed by atoms with Gasteiger partial charge in [0.2, 0.25) is 0 Å². The average Bonchev–Trinajstić information content (AvgIpc) is 2.88. The molecule has 1 aromatic heterocycles. The molecule has 90 valence electrons. The SMILES string of the molecule is O=C(O)C1CC(c2cnc3ccccc3c2)=CN1. The van der Waals surface area contributed by atoms with Crippen LogP contribution in [-0.4, -0.2) is 22.1 Å². The van der Waals surface area contributed by atoms with Crippen molar-refractivity contribution in [3.8, 4) is 0 Å². The maximum absolute atomic E-state index is 10.9. The number of fused-ring (bicyclic) bond motifs is 1. The standard InChI is InChI=1S/C14H12N2O2/c17-14(18)13-6-11(8-16-13)10-5-9-3-1-2-4-12(9)15-7-10/h1-5,7-8,13,16H,6H2,(H,17,18). The van der Waals surface area contributed by atoms with Gasteiger partial charge in [0, 0.05) is 24.2 Å². The van der Waals surface area contributed by atoms with E-state index in [1.54, 1.807) is 12.4 Å². The van der Waals surface area contributed by atoms with E-state index in [-0.39, 0.29) is 0 Å². The van der Waals surface area contributed by atoms with Crippen molar-refractivity contribution in [1.82, 2.24) is 10.3 Å². The van der Waals surface area contributed by atoms with E-state index in [9.17, 15) is 4.79 Å². The summed E-state index contributed by atoms with van der Waals surface area (Å²) < 4.78 is 0. The fourth-order valence-corrected chi connectivity index (χ4v) is 2.15. The highest BCUT2D eigenvalue weighted by molar-refractivity contribution is 5.85. The number of nitrogens with one attached hydrogen (secondary N) is 1. The number of aromatic nitrogens is 1. The fraction of sp³-hybridized carbons (Fsp3) is 0.143. The number of benzene rings is 1. The van der Waals surface area contributed by atoms with E-state index in [1.165, 1.54) is 0 Å². The molecule has 0 amide bonds. The normalized spacial score (nSPS) is 18.4. The Bertz CT molecular complexity index is 649. The van der Waals surface area contributed by atoms with Crippen LogP contribution in [0, 0.1) is 0 Å². The second-order valence-electron chi connectivity index (χ2n) is 4.35. The molecule has 0 spiro atoms. The number of carboxylic acids is 1. The van der Waals surface area contributed by atoms with Crippen LogP contribution >= 0.6 is 0 Å². The Balaban J connectivity index is 1.94. The largest absolute Gasteiger partial charge is 0.480 e. The van der Waals surface area contributed by atoms with Gasteiger partial charge < -0.3 is 10.4 Å². The Kier molecular flexibility index (Phi) is 2.48. The van der Waals surface area contributed by atoms with Gasteiger partial charge in [0.25, 0.3) is 0 Å². The quantitative estimate of drug-likeness (QED) is 0.843. The van der Waals surface area contributed by atoms with E-state index in [0.29, 0.717) is 6.42 Å². The minimum atomic E-state index is -0.824. The first-order valence-corrected chi connectivity index (χ1v) is 5.77. The molecular formula is C14H12N2O2. The molecule has 1 aromatic carbocycles. The molecule has 3 rings (SSSR count). The Morgan fingerprint density at radius 1 is 1.39 bits per heavy atom. The molecule has 2 aromatic rings. The topological polar surface area (TPSA) is 62.2 Å². The predicted molar refractivity (Wildman–Crippen MR) is 68.9 cm³/mol. The predicted octanol–water partition coefficient (Wildman–Crippen LogP) is 2.02. The third kappa shape index (κ3) is 1.82. The number of carbonyl (C=O) groups is 1. The highest BCUT2D eigenvalue weighted by Crippen LogP contribution is 2.25. The number of aliphatic carboxylic acids is 1. The first-order chi connectivity index (χ1) is 8.74. The second kappa shape index (κ2) is 4.14. The summed E-state index contributed by atoms with van der Waals surface area (Å²) in [6.45, 7) is 0. The molecular weight excluding hydrogens is 228 g/mol. The number of para-hydroxylation sites is 1.